The molecule has 2 aliphatic heterocycles. The molecule has 3 atom stereocenters. The van der Waals surface area contributed by atoms with Crippen LogP contribution in [0.3, 0.4) is 0 Å². The minimum absolute atomic E-state index is 0. The summed E-state index contributed by atoms with van der Waals surface area (Å²) in [6.07, 6.45) is 1.27. The van der Waals surface area contributed by atoms with Gasteiger partial charge in [-0.1, -0.05) is 0 Å². The summed E-state index contributed by atoms with van der Waals surface area (Å²) in [6.45, 7) is 9.37. The Morgan fingerprint density at radius 1 is 1.35 bits per heavy atom. The predicted molar refractivity (Wildman–Crippen MR) is 69.4 cm³/mol. The van der Waals surface area contributed by atoms with Crippen molar-refractivity contribution in [2.45, 2.75) is 39.4 Å². The Kier molecular flexibility index (Phi) is 4.81. The monoisotopic (exact) mass is 262 g/mol. The number of carbonyl (C=O) groups is 1. The summed E-state index contributed by atoms with van der Waals surface area (Å²) in [7, 11) is 0. The van der Waals surface area contributed by atoms with E-state index in [9.17, 15) is 4.79 Å². The molecule has 0 saturated carbocycles. The molecule has 0 aliphatic carbocycles. The second-order valence-corrected chi connectivity index (χ2v) is 5.45. The molecule has 2 aliphatic rings. The van der Waals surface area contributed by atoms with Crippen molar-refractivity contribution < 1.29 is 9.53 Å². The molecule has 2 saturated heterocycles. The summed E-state index contributed by atoms with van der Waals surface area (Å²) >= 11 is 0. The zero-order valence-corrected chi connectivity index (χ0v) is 11.7. The van der Waals surface area contributed by atoms with E-state index in [0.29, 0.717) is 5.91 Å². The molecule has 2 fully saturated rings. The van der Waals surface area contributed by atoms with Gasteiger partial charge in [0.1, 0.15) is 0 Å². The minimum Gasteiger partial charge on any atom is -0.372 e. The predicted octanol–water partition coefficient (Wildman–Crippen LogP) is 1.04. The molecule has 2 heterocycles. The minimum atomic E-state index is -0.198. The third kappa shape index (κ3) is 3.12. The Morgan fingerprint density at radius 3 is 2.41 bits per heavy atom. The molecule has 0 spiro atoms. The van der Waals surface area contributed by atoms with Crippen LogP contribution in [0.1, 0.15) is 27.2 Å². The quantitative estimate of drug-likeness (QED) is 0.768. The van der Waals surface area contributed by atoms with E-state index in [-0.39, 0.29) is 30.0 Å². The third-order valence-electron chi connectivity index (χ3n) is 3.59. The van der Waals surface area contributed by atoms with Crippen LogP contribution in [-0.4, -0.2) is 49.2 Å². The van der Waals surface area contributed by atoms with Gasteiger partial charge in [-0.25, -0.2) is 0 Å². The number of carbonyl (C=O) groups excluding carboxylic acids is 1. The molecule has 0 aromatic carbocycles. The van der Waals surface area contributed by atoms with Crippen LogP contribution in [0.2, 0.25) is 0 Å². The van der Waals surface area contributed by atoms with E-state index in [1.807, 2.05) is 18.7 Å². The highest BCUT2D eigenvalue weighted by Crippen LogP contribution is 2.28. The maximum Gasteiger partial charge on any atom is 0.230 e. The van der Waals surface area contributed by atoms with Crippen LogP contribution in [-0.2, 0) is 9.53 Å². The van der Waals surface area contributed by atoms with E-state index in [0.717, 1.165) is 32.6 Å². The van der Waals surface area contributed by atoms with Crippen molar-refractivity contribution >= 4 is 18.3 Å². The zero-order chi connectivity index (χ0) is 11.8. The third-order valence-corrected chi connectivity index (χ3v) is 3.59. The lowest BCUT2D eigenvalue weighted by Gasteiger charge is -2.39. The van der Waals surface area contributed by atoms with Crippen LogP contribution < -0.4 is 5.32 Å². The number of rotatable bonds is 1. The summed E-state index contributed by atoms with van der Waals surface area (Å²) in [4.78, 5) is 14.4. The largest absolute Gasteiger partial charge is 0.372 e. The molecule has 1 unspecified atom stereocenters. The van der Waals surface area contributed by atoms with Crippen LogP contribution in [0, 0.1) is 5.41 Å². The fraction of sp³-hybridized carbons (Fsp3) is 0.917. The van der Waals surface area contributed by atoms with Crippen LogP contribution in [0.15, 0.2) is 0 Å². The van der Waals surface area contributed by atoms with Crippen LogP contribution in [0.4, 0.5) is 0 Å². The van der Waals surface area contributed by atoms with E-state index < -0.39 is 0 Å². The molecular weight excluding hydrogens is 240 g/mol. The lowest BCUT2D eigenvalue weighted by molar-refractivity contribution is -0.152. The van der Waals surface area contributed by atoms with Crippen molar-refractivity contribution in [3.63, 3.8) is 0 Å². The number of nitrogens with one attached hydrogen (secondary N) is 1. The van der Waals surface area contributed by atoms with Gasteiger partial charge < -0.3 is 15.0 Å². The highest BCUT2D eigenvalue weighted by atomic mass is 35.5. The molecule has 4 nitrogen and oxygen atoms in total. The van der Waals surface area contributed by atoms with E-state index in [2.05, 4.69) is 12.2 Å². The molecule has 0 radical (unpaired) electrons. The lowest BCUT2D eigenvalue weighted by Crippen LogP contribution is -2.53. The fourth-order valence-corrected chi connectivity index (χ4v) is 2.72. The fourth-order valence-electron chi connectivity index (χ4n) is 2.72. The summed E-state index contributed by atoms with van der Waals surface area (Å²) in [5.41, 5.74) is -0.198. The molecule has 1 amide bonds. The molecule has 1 N–H and O–H groups in total. The number of amides is 1. The summed E-state index contributed by atoms with van der Waals surface area (Å²) in [6, 6.07) is 0. The molecule has 5 heteroatoms. The van der Waals surface area contributed by atoms with Crippen molar-refractivity contribution in [2.75, 3.05) is 26.2 Å². The van der Waals surface area contributed by atoms with E-state index in [4.69, 9.17) is 4.74 Å². The smallest absolute Gasteiger partial charge is 0.230 e. The Hall–Kier alpha value is -0.320. The van der Waals surface area contributed by atoms with Crippen LogP contribution >= 0.6 is 12.4 Å². The first-order valence-corrected chi connectivity index (χ1v) is 6.17. The van der Waals surface area contributed by atoms with Gasteiger partial charge in [0.25, 0.3) is 0 Å². The van der Waals surface area contributed by atoms with Gasteiger partial charge in [0.15, 0.2) is 0 Å². The van der Waals surface area contributed by atoms with E-state index >= 15 is 0 Å². The first kappa shape index (κ1) is 14.7. The average molecular weight is 263 g/mol. The molecule has 17 heavy (non-hydrogen) atoms. The molecule has 2 rings (SSSR count). The number of hydrogen-bond donors (Lipinski definition) is 1. The Labute approximate surface area is 109 Å². The SMILES string of the molecule is C[C@@H]1CN(C(=O)C2(C)CCNC2)C[C@H](C)O1.Cl. The van der Waals surface area contributed by atoms with Gasteiger partial charge in [0.05, 0.1) is 17.6 Å². The number of ether oxygens (including phenoxy) is 1. The number of nitrogens with zero attached hydrogens (tertiary/aromatic N) is 1. The lowest BCUT2D eigenvalue weighted by atomic mass is 9.87. The van der Waals surface area contributed by atoms with Gasteiger partial charge in [-0.05, 0) is 33.7 Å². The Morgan fingerprint density at radius 2 is 1.94 bits per heavy atom. The van der Waals surface area contributed by atoms with Gasteiger partial charge in [-0.2, -0.15) is 0 Å². The van der Waals surface area contributed by atoms with Gasteiger partial charge in [-0.3, -0.25) is 4.79 Å². The molecule has 100 valence electrons. The summed E-state index contributed by atoms with van der Waals surface area (Å²) < 4.78 is 5.65. The molecule has 0 bridgehead atoms. The normalized spacial score (nSPS) is 37.7. The van der Waals surface area contributed by atoms with Crippen molar-refractivity contribution in [2.24, 2.45) is 5.41 Å². The second-order valence-electron chi connectivity index (χ2n) is 5.45. The Bertz CT molecular complexity index is 270. The van der Waals surface area contributed by atoms with Gasteiger partial charge in [-0.15, -0.1) is 12.4 Å². The Balaban J connectivity index is 0.00000144. The van der Waals surface area contributed by atoms with Gasteiger partial charge in [0.2, 0.25) is 5.91 Å². The summed E-state index contributed by atoms with van der Waals surface area (Å²) in [5, 5.41) is 3.28. The first-order chi connectivity index (χ1) is 7.51. The first-order valence-electron chi connectivity index (χ1n) is 6.17. The highest BCUT2D eigenvalue weighted by molar-refractivity contribution is 5.85. The molecular formula is C12H23ClN2O2. The second kappa shape index (κ2) is 5.55. The maximum atomic E-state index is 12.4. The highest BCUT2D eigenvalue weighted by Gasteiger charge is 2.40. The number of hydrogen-bond acceptors (Lipinski definition) is 3. The number of morpholine rings is 1. The summed E-state index contributed by atoms with van der Waals surface area (Å²) in [5.74, 6) is 0.291. The van der Waals surface area contributed by atoms with Gasteiger partial charge >= 0.3 is 0 Å². The van der Waals surface area contributed by atoms with Gasteiger partial charge in [0, 0.05) is 19.6 Å². The van der Waals surface area contributed by atoms with Crippen molar-refractivity contribution in [1.82, 2.24) is 10.2 Å². The van der Waals surface area contributed by atoms with E-state index in [1.165, 1.54) is 0 Å². The van der Waals surface area contributed by atoms with Crippen molar-refractivity contribution in [1.29, 1.82) is 0 Å². The van der Waals surface area contributed by atoms with Crippen molar-refractivity contribution in [3.05, 3.63) is 0 Å². The average Bonchev–Trinajstić information content (AvgIpc) is 2.64. The van der Waals surface area contributed by atoms with E-state index in [1.54, 1.807) is 0 Å². The molecule has 0 aromatic heterocycles. The standard InChI is InChI=1S/C12H22N2O2.ClH/c1-9-6-14(7-10(2)16-9)11(15)12(3)4-5-13-8-12;/h9-10,13H,4-8H2,1-3H3;1H/t9-,10+,12?;. The zero-order valence-electron chi connectivity index (χ0n) is 10.9. The molecule has 0 aromatic rings. The maximum absolute atomic E-state index is 12.4. The van der Waals surface area contributed by atoms with Crippen LogP contribution in [0.5, 0.6) is 0 Å². The van der Waals surface area contributed by atoms with Crippen LogP contribution in [0.25, 0.3) is 0 Å². The topological polar surface area (TPSA) is 41.6 Å². The number of halogens is 1. The van der Waals surface area contributed by atoms with Crippen molar-refractivity contribution in [3.8, 4) is 0 Å².